The predicted molar refractivity (Wildman–Crippen MR) is 98.1 cm³/mol. The number of fused-ring (bicyclic) bond motifs is 1. The first kappa shape index (κ1) is 17.0. The maximum Gasteiger partial charge on any atom is 0.161 e. The topological polar surface area (TPSA) is 48.4 Å². The number of Topliss-reactive ketones (excluding diaryl/α,β-unsaturated/α-hetero) is 1. The quantitative estimate of drug-likeness (QED) is 0.644. The average molecular weight is 335 g/mol. The van der Waals surface area contributed by atoms with Crippen molar-refractivity contribution in [2.45, 2.75) is 26.4 Å². The first-order valence-electron chi connectivity index (χ1n) is 8.29. The van der Waals surface area contributed by atoms with E-state index in [0.717, 1.165) is 22.0 Å². The minimum atomic E-state index is 0.181. The number of ether oxygens (including phenoxy) is 2. The molecule has 0 spiro atoms. The van der Waals surface area contributed by atoms with Crippen molar-refractivity contribution >= 4 is 16.7 Å². The van der Waals surface area contributed by atoms with Crippen LogP contribution in [0.25, 0.3) is 10.9 Å². The van der Waals surface area contributed by atoms with Crippen LogP contribution in [0.5, 0.6) is 11.5 Å². The summed E-state index contributed by atoms with van der Waals surface area (Å²) in [5.74, 6) is 1.54. The van der Waals surface area contributed by atoms with Gasteiger partial charge in [0.15, 0.2) is 11.5 Å². The molecule has 0 aliphatic carbocycles. The lowest BCUT2D eigenvalue weighted by atomic mass is 10.1. The van der Waals surface area contributed by atoms with E-state index in [4.69, 9.17) is 9.47 Å². The van der Waals surface area contributed by atoms with Gasteiger partial charge in [0.1, 0.15) is 12.4 Å². The molecule has 0 unspecified atom stereocenters. The Labute approximate surface area is 147 Å². The van der Waals surface area contributed by atoms with Gasteiger partial charge in [0.2, 0.25) is 0 Å². The Balaban J connectivity index is 1.81. The Hall–Kier alpha value is -2.88. The molecule has 1 aromatic heterocycles. The minimum absolute atomic E-state index is 0.181. The Morgan fingerprint density at radius 2 is 1.92 bits per heavy atom. The zero-order chi connectivity index (χ0) is 17.6. The monoisotopic (exact) mass is 335 g/mol. The van der Waals surface area contributed by atoms with Gasteiger partial charge in [0, 0.05) is 23.6 Å². The van der Waals surface area contributed by atoms with Gasteiger partial charge in [-0.25, -0.2) is 0 Å². The maximum absolute atomic E-state index is 11.2. The number of pyridine rings is 1. The number of para-hydroxylation sites is 1. The number of rotatable bonds is 7. The van der Waals surface area contributed by atoms with Crippen LogP contribution in [0.2, 0.25) is 0 Å². The van der Waals surface area contributed by atoms with Crippen LogP contribution in [-0.2, 0) is 17.8 Å². The lowest BCUT2D eigenvalue weighted by Gasteiger charge is -2.13. The molecule has 0 aliphatic rings. The smallest absolute Gasteiger partial charge is 0.161 e. The highest BCUT2D eigenvalue weighted by Gasteiger charge is 2.09. The summed E-state index contributed by atoms with van der Waals surface area (Å²) in [6.07, 6.45) is 3.01. The molecule has 0 amide bonds. The summed E-state index contributed by atoms with van der Waals surface area (Å²) >= 11 is 0. The summed E-state index contributed by atoms with van der Waals surface area (Å²) in [4.78, 5) is 15.7. The van der Waals surface area contributed by atoms with Crippen LogP contribution < -0.4 is 9.47 Å². The number of carbonyl (C=O) groups is 1. The summed E-state index contributed by atoms with van der Waals surface area (Å²) in [6, 6.07) is 15.8. The van der Waals surface area contributed by atoms with Crippen molar-refractivity contribution in [2.75, 3.05) is 7.11 Å². The fourth-order valence-corrected chi connectivity index (χ4v) is 2.75. The molecule has 128 valence electrons. The van der Waals surface area contributed by atoms with Gasteiger partial charge in [-0.15, -0.1) is 0 Å². The van der Waals surface area contributed by atoms with Gasteiger partial charge < -0.3 is 14.3 Å². The summed E-state index contributed by atoms with van der Waals surface area (Å²) in [5, 5.41) is 1.09. The number of hydrogen-bond acceptors (Lipinski definition) is 4. The number of carbonyl (C=O) groups excluding carboxylic acids is 1. The first-order chi connectivity index (χ1) is 12.2. The third-order valence-electron chi connectivity index (χ3n) is 4.09. The lowest BCUT2D eigenvalue weighted by molar-refractivity contribution is -0.116. The highest BCUT2D eigenvalue weighted by atomic mass is 16.5. The van der Waals surface area contributed by atoms with Crippen molar-refractivity contribution in [3.05, 3.63) is 65.9 Å². The molecule has 0 N–H and O–H groups in total. The average Bonchev–Trinajstić information content (AvgIpc) is 2.64. The van der Waals surface area contributed by atoms with Gasteiger partial charge >= 0.3 is 0 Å². The number of aryl methyl sites for hydroxylation is 1. The predicted octanol–water partition coefficient (Wildman–Crippen LogP) is 4.34. The minimum Gasteiger partial charge on any atom is -0.493 e. The van der Waals surface area contributed by atoms with E-state index in [-0.39, 0.29) is 5.78 Å². The fourth-order valence-electron chi connectivity index (χ4n) is 2.75. The summed E-state index contributed by atoms with van der Waals surface area (Å²) in [5.41, 5.74) is 3.02. The zero-order valence-electron chi connectivity index (χ0n) is 14.5. The summed E-state index contributed by atoms with van der Waals surface area (Å²) < 4.78 is 11.4. The molecule has 4 nitrogen and oxygen atoms in total. The van der Waals surface area contributed by atoms with E-state index >= 15 is 0 Å². The molecule has 25 heavy (non-hydrogen) atoms. The molecule has 0 saturated carbocycles. The number of benzene rings is 2. The van der Waals surface area contributed by atoms with E-state index in [9.17, 15) is 4.79 Å². The molecule has 0 bridgehead atoms. The van der Waals surface area contributed by atoms with Crippen molar-refractivity contribution in [3.8, 4) is 11.5 Å². The van der Waals surface area contributed by atoms with Crippen molar-refractivity contribution in [3.63, 3.8) is 0 Å². The first-order valence-corrected chi connectivity index (χ1v) is 8.29. The van der Waals surface area contributed by atoms with Gasteiger partial charge in [-0.05, 0) is 37.1 Å². The molecular formula is C21H21NO3. The van der Waals surface area contributed by atoms with Crippen LogP contribution >= 0.6 is 0 Å². The maximum atomic E-state index is 11.2. The second-order valence-corrected chi connectivity index (χ2v) is 5.97. The van der Waals surface area contributed by atoms with E-state index in [2.05, 4.69) is 4.98 Å². The van der Waals surface area contributed by atoms with Gasteiger partial charge in [0.25, 0.3) is 0 Å². The Bertz CT molecular complexity index is 884. The zero-order valence-corrected chi connectivity index (χ0v) is 14.5. The van der Waals surface area contributed by atoms with Crippen molar-refractivity contribution in [1.82, 2.24) is 4.98 Å². The lowest BCUT2D eigenvalue weighted by Crippen LogP contribution is -2.01. The highest BCUT2D eigenvalue weighted by molar-refractivity contribution is 5.81. The highest BCUT2D eigenvalue weighted by Crippen LogP contribution is 2.30. The largest absolute Gasteiger partial charge is 0.493 e. The van der Waals surface area contributed by atoms with Gasteiger partial charge in [-0.3, -0.25) is 4.98 Å². The number of aromatic nitrogens is 1. The second-order valence-electron chi connectivity index (χ2n) is 5.97. The molecule has 2 aromatic carbocycles. The van der Waals surface area contributed by atoms with E-state index in [1.54, 1.807) is 20.2 Å². The third kappa shape index (κ3) is 4.15. The molecule has 0 radical (unpaired) electrons. The van der Waals surface area contributed by atoms with Crippen LogP contribution in [0.15, 0.2) is 54.7 Å². The molecule has 4 heteroatoms. The van der Waals surface area contributed by atoms with E-state index in [1.165, 1.54) is 0 Å². The van der Waals surface area contributed by atoms with Crippen LogP contribution in [0.3, 0.4) is 0 Å². The number of methoxy groups -OCH3 is 1. The Kier molecular flexibility index (Phi) is 5.29. The molecule has 0 saturated heterocycles. The SMILES string of the molecule is COc1ccc(CCC(C)=O)cc1OCc1cccc2cccnc12. The number of nitrogens with zero attached hydrogens (tertiary/aromatic N) is 1. The van der Waals surface area contributed by atoms with Crippen LogP contribution in [0.1, 0.15) is 24.5 Å². The Morgan fingerprint density at radius 1 is 1.08 bits per heavy atom. The van der Waals surface area contributed by atoms with E-state index in [1.807, 2.05) is 48.5 Å². The molecule has 3 aromatic rings. The second kappa shape index (κ2) is 7.79. The third-order valence-corrected chi connectivity index (χ3v) is 4.09. The van der Waals surface area contributed by atoms with Crippen molar-refractivity contribution < 1.29 is 14.3 Å². The number of hydrogen-bond donors (Lipinski definition) is 0. The normalized spacial score (nSPS) is 10.6. The van der Waals surface area contributed by atoms with Crippen molar-refractivity contribution in [2.24, 2.45) is 0 Å². The molecular weight excluding hydrogens is 314 g/mol. The van der Waals surface area contributed by atoms with Crippen LogP contribution in [-0.4, -0.2) is 17.9 Å². The van der Waals surface area contributed by atoms with Crippen LogP contribution in [0, 0.1) is 0 Å². The van der Waals surface area contributed by atoms with E-state index in [0.29, 0.717) is 30.9 Å². The van der Waals surface area contributed by atoms with E-state index < -0.39 is 0 Å². The summed E-state index contributed by atoms with van der Waals surface area (Å²) in [7, 11) is 1.62. The van der Waals surface area contributed by atoms with Crippen molar-refractivity contribution in [1.29, 1.82) is 0 Å². The van der Waals surface area contributed by atoms with Gasteiger partial charge in [-0.1, -0.05) is 30.3 Å². The standard InChI is InChI=1S/C21H21NO3/c1-15(23)8-9-16-10-11-19(24-2)20(13-16)25-14-18-6-3-5-17-7-4-12-22-21(17)18/h3-7,10-13H,8-9,14H2,1-2H3. The molecule has 3 rings (SSSR count). The van der Waals surface area contributed by atoms with Gasteiger partial charge in [-0.2, -0.15) is 0 Å². The van der Waals surface area contributed by atoms with Gasteiger partial charge in [0.05, 0.1) is 12.6 Å². The van der Waals surface area contributed by atoms with Crippen LogP contribution in [0.4, 0.5) is 0 Å². The Morgan fingerprint density at radius 3 is 2.72 bits per heavy atom. The molecule has 1 heterocycles. The molecule has 0 atom stereocenters. The fraction of sp³-hybridized carbons (Fsp3) is 0.238. The summed E-state index contributed by atoms with van der Waals surface area (Å²) in [6.45, 7) is 2.01. The molecule has 0 fully saturated rings. The molecule has 0 aliphatic heterocycles. The number of ketones is 1.